The summed E-state index contributed by atoms with van der Waals surface area (Å²) in [7, 11) is 0. The average Bonchev–Trinajstić information content (AvgIpc) is 2.46. The number of rotatable bonds is 16. The summed E-state index contributed by atoms with van der Waals surface area (Å²) in [6.07, 6.45) is 19.7. The van der Waals surface area contributed by atoms with Gasteiger partial charge in [0.25, 0.3) is 0 Å². The summed E-state index contributed by atoms with van der Waals surface area (Å²) in [5.41, 5.74) is 0. The van der Waals surface area contributed by atoms with Crippen LogP contribution in [0.25, 0.3) is 0 Å². The largest absolute Gasteiger partial charge is 1.00 e. The van der Waals surface area contributed by atoms with Gasteiger partial charge in [0, 0.05) is 12.6 Å². The minimum absolute atomic E-state index is 0. The zero-order chi connectivity index (χ0) is 15.6. The number of unbranched alkanes of at least 4 members (excludes halogenated alkanes) is 11. The fraction of sp³-hybridized carbons (Fsp3) is 0.833. The number of carboxylic acid groups (broad SMARTS) is 1. The number of allylic oxidation sites excluding steroid dienone is 2. The molecule has 0 aliphatic heterocycles. The molecule has 0 atom stereocenters. The average molecular weight is 337 g/mol. The Morgan fingerprint density at radius 1 is 0.727 bits per heavy atom. The third kappa shape index (κ3) is 23.1. The van der Waals surface area contributed by atoms with Crippen molar-refractivity contribution in [1.29, 1.82) is 0 Å². The molecule has 0 fully saturated rings. The van der Waals surface area contributed by atoms with Crippen molar-refractivity contribution >= 4 is 5.97 Å². The van der Waals surface area contributed by atoms with Crippen LogP contribution < -0.4 is 56.5 Å². The summed E-state index contributed by atoms with van der Waals surface area (Å²) in [5, 5.41) is 18.9. The molecule has 0 amide bonds. The van der Waals surface area contributed by atoms with E-state index >= 15 is 0 Å². The van der Waals surface area contributed by atoms with Crippen molar-refractivity contribution in [2.24, 2.45) is 0 Å². The fourth-order valence-electron chi connectivity index (χ4n) is 2.38. The summed E-state index contributed by atoms with van der Waals surface area (Å²) in [4.78, 5) is 10.2. The van der Waals surface area contributed by atoms with Gasteiger partial charge in [-0.15, -0.1) is 0 Å². The number of hydrogen-bond acceptors (Lipinski definition) is 3. The quantitative estimate of drug-likeness (QED) is 0.257. The Hall–Kier alpha value is 0.806. The number of carboxylic acids is 1. The van der Waals surface area contributed by atoms with Gasteiger partial charge in [0.1, 0.15) is 0 Å². The number of carbonyl (C=O) groups is 1. The van der Waals surface area contributed by atoms with E-state index in [0.29, 0.717) is 6.61 Å². The Kier molecular flexibility index (Phi) is 24.8. The van der Waals surface area contributed by atoms with E-state index in [4.69, 9.17) is 5.11 Å². The summed E-state index contributed by atoms with van der Waals surface area (Å²) in [6, 6.07) is 0. The SMILES string of the molecule is O=C([O-])CCCCCCCCC/C=C/CCCCCCO.[K+]. The van der Waals surface area contributed by atoms with Crippen LogP contribution in [0.4, 0.5) is 0 Å². The van der Waals surface area contributed by atoms with Crippen molar-refractivity contribution < 1.29 is 66.4 Å². The Bertz CT molecular complexity index is 255. The molecular formula is C18H33KO3. The normalized spacial score (nSPS) is 10.8. The van der Waals surface area contributed by atoms with E-state index in [2.05, 4.69) is 12.2 Å². The first-order chi connectivity index (χ1) is 10.3. The van der Waals surface area contributed by atoms with Gasteiger partial charge < -0.3 is 15.0 Å². The number of carbonyl (C=O) groups excluding carboxylic acids is 1. The van der Waals surface area contributed by atoms with Gasteiger partial charge in [-0.1, -0.05) is 57.1 Å². The maximum absolute atomic E-state index is 10.2. The van der Waals surface area contributed by atoms with Gasteiger partial charge in [0.05, 0.1) is 0 Å². The maximum Gasteiger partial charge on any atom is 1.00 e. The molecule has 0 saturated carbocycles. The van der Waals surface area contributed by atoms with Crippen molar-refractivity contribution in [2.45, 2.75) is 89.9 Å². The molecule has 0 spiro atoms. The monoisotopic (exact) mass is 336 g/mol. The van der Waals surface area contributed by atoms with Crippen molar-refractivity contribution in [3.63, 3.8) is 0 Å². The molecule has 0 radical (unpaired) electrons. The first kappa shape index (κ1) is 25.1. The van der Waals surface area contributed by atoms with Crippen LogP contribution in [0.15, 0.2) is 12.2 Å². The van der Waals surface area contributed by atoms with E-state index < -0.39 is 5.97 Å². The van der Waals surface area contributed by atoms with Crippen molar-refractivity contribution in [3.8, 4) is 0 Å². The maximum atomic E-state index is 10.2. The van der Waals surface area contributed by atoms with E-state index in [1.807, 2.05) is 0 Å². The van der Waals surface area contributed by atoms with Crippen LogP contribution in [0.2, 0.25) is 0 Å². The zero-order valence-electron chi connectivity index (χ0n) is 14.5. The van der Waals surface area contributed by atoms with Crippen LogP contribution in [-0.4, -0.2) is 17.7 Å². The van der Waals surface area contributed by atoms with Crippen molar-refractivity contribution in [2.75, 3.05) is 6.61 Å². The summed E-state index contributed by atoms with van der Waals surface area (Å²) < 4.78 is 0. The van der Waals surface area contributed by atoms with Gasteiger partial charge >= 0.3 is 51.4 Å². The molecular weight excluding hydrogens is 303 g/mol. The molecule has 1 N–H and O–H groups in total. The predicted molar refractivity (Wildman–Crippen MR) is 85.9 cm³/mol. The minimum atomic E-state index is -0.921. The van der Waals surface area contributed by atoms with Crippen LogP contribution in [-0.2, 0) is 4.79 Å². The summed E-state index contributed by atoms with van der Waals surface area (Å²) in [6.45, 7) is 0.326. The minimum Gasteiger partial charge on any atom is -0.550 e. The molecule has 0 aromatic rings. The number of aliphatic carboxylic acids is 1. The molecule has 0 aromatic heterocycles. The van der Waals surface area contributed by atoms with Crippen LogP contribution in [0, 0.1) is 0 Å². The number of aliphatic hydroxyl groups is 1. The second-order valence-corrected chi connectivity index (χ2v) is 5.78. The molecule has 124 valence electrons. The van der Waals surface area contributed by atoms with E-state index in [1.54, 1.807) is 0 Å². The van der Waals surface area contributed by atoms with Gasteiger partial charge in [-0.2, -0.15) is 0 Å². The number of hydrogen-bond donors (Lipinski definition) is 1. The van der Waals surface area contributed by atoms with Crippen LogP contribution in [0.5, 0.6) is 0 Å². The molecule has 0 aromatic carbocycles. The molecule has 0 heterocycles. The van der Waals surface area contributed by atoms with Crippen molar-refractivity contribution in [3.05, 3.63) is 12.2 Å². The standard InChI is InChI=1S/C18H34O3.K/c19-17-15-13-11-9-7-5-3-1-2-4-6-8-10-12-14-16-18(20)21;/h3,5,19H,1-2,4,6-17H2,(H,20,21);/q;+1/p-1/b5-3+;. The Labute approximate surface area is 179 Å². The molecule has 0 aliphatic carbocycles. The third-order valence-electron chi connectivity index (χ3n) is 3.70. The molecule has 0 saturated heterocycles. The van der Waals surface area contributed by atoms with Crippen molar-refractivity contribution in [1.82, 2.24) is 0 Å². The predicted octanol–water partition coefficient (Wildman–Crippen LogP) is 0.750. The fourth-order valence-corrected chi connectivity index (χ4v) is 2.38. The molecule has 0 bridgehead atoms. The van der Waals surface area contributed by atoms with E-state index in [0.717, 1.165) is 32.1 Å². The second-order valence-electron chi connectivity index (χ2n) is 5.78. The van der Waals surface area contributed by atoms with Crippen LogP contribution in [0.1, 0.15) is 89.9 Å². The molecule has 0 aliphatic rings. The zero-order valence-corrected chi connectivity index (χ0v) is 17.6. The molecule has 22 heavy (non-hydrogen) atoms. The van der Waals surface area contributed by atoms with Crippen LogP contribution >= 0.6 is 0 Å². The van der Waals surface area contributed by atoms with E-state index in [9.17, 15) is 9.90 Å². The van der Waals surface area contributed by atoms with Crippen LogP contribution in [0.3, 0.4) is 0 Å². The summed E-state index contributed by atoms with van der Waals surface area (Å²) >= 11 is 0. The van der Waals surface area contributed by atoms with Gasteiger partial charge in [-0.25, -0.2) is 0 Å². The molecule has 0 rings (SSSR count). The second kappa shape index (κ2) is 21.8. The third-order valence-corrected chi connectivity index (χ3v) is 3.70. The van der Waals surface area contributed by atoms with Gasteiger partial charge in [-0.3, -0.25) is 0 Å². The molecule has 0 unspecified atom stereocenters. The Balaban J connectivity index is 0. The Morgan fingerprint density at radius 2 is 1.14 bits per heavy atom. The summed E-state index contributed by atoms with van der Waals surface area (Å²) in [5.74, 6) is -0.921. The Morgan fingerprint density at radius 3 is 1.59 bits per heavy atom. The first-order valence-electron chi connectivity index (χ1n) is 8.73. The topological polar surface area (TPSA) is 60.4 Å². The van der Waals surface area contributed by atoms with Gasteiger partial charge in [0.15, 0.2) is 0 Å². The molecule has 4 heteroatoms. The van der Waals surface area contributed by atoms with Gasteiger partial charge in [0.2, 0.25) is 0 Å². The van der Waals surface area contributed by atoms with Gasteiger partial charge in [-0.05, 0) is 44.9 Å². The van der Waals surface area contributed by atoms with E-state index in [-0.39, 0.29) is 57.8 Å². The smallest absolute Gasteiger partial charge is 0.550 e. The van der Waals surface area contributed by atoms with E-state index in [1.165, 1.54) is 51.4 Å². The first-order valence-corrected chi connectivity index (χ1v) is 8.73. The molecule has 3 nitrogen and oxygen atoms in total. The number of aliphatic hydroxyl groups excluding tert-OH is 1.